The van der Waals surface area contributed by atoms with Crippen molar-refractivity contribution in [3.8, 4) is 5.75 Å². The molecule has 0 aliphatic heterocycles. The molecule has 5 rings (SSSR count). The lowest BCUT2D eigenvalue weighted by molar-refractivity contribution is 0.306. The number of halogens is 2. The number of hydrogen-bond donors (Lipinski definition) is 1. The molecule has 9 heteroatoms. The molecule has 1 N–H and O–H groups in total. The number of rotatable bonds is 8. The molecule has 5 aromatic rings. The molecular formula is C26H20ClFN4O2S. The number of ether oxygens (including phenoxy) is 1. The predicted octanol–water partition coefficient (Wildman–Crippen LogP) is 6.15. The molecule has 0 saturated heterocycles. The van der Waals surface area contributed by atoms with Gasteiger partial charge in [-0.2, -0.15) is 0 Å². The number of fused-ring (bicyclic) bond motifs is 1. The van der Waals surface area contributed by atoms with Crippen LogP contribution < -0.4 is 10.1 Å². The molecule has 0 bridgehead atoms. The van der Waals surface area contributed by atoms with Crippen molar-refractivity contribution in [3.05, 3.63) is 113 Å². The Bertz CT molecular complexity index is 1460. The topological polar surface area (TPSA) is 74.5 Å². The number of benzene rings is 3. The molecule has 3 aromatic carbocycles. The Morgan fingerprint density at radius 3 is 2.66 bits per heavy atom. The normalized spacial score (nSPS) is 12.0. The zero-order chi connectivity index (χ0) is 24.2. The second kappa shape index (κ2) is 10.4. The molecule has 35 heavy (non-hydrogen) atoms. The molecule has 6 nitrogen and oxygen atoms in total. The summed E-state index contributed by atoms with van der Waals surface area (Å²) in [5.74, 6) is 1.36. The van der Waals surface area contributed by atoms with Crippen molar-refractivity contribution in [2.45, 2.75) is 17.3 Å². The summed E-state index contributed by atoms with van der Waals surface area (Å²) in [6.45, 7) is 0.197. The average Bonchev–Trinajstić information content (AvgIpc) is 3.33. The predicted molar refractivity (Wildman–Crippen MR) is 135 cm³/mol. The van der Waals surface area contributed by atoms with Crippen LogP contribution in [-0.4, -0.2) is 19.2 Å². The summed E-state index contributed by atoms with van der Waals surface area (Å²) in [6, 6.07) is 24.5. The van der Waals surface area contributed by atoms with Crippen molar-refractivity contribution in [2.75, 3.05) is 5.32 Å². The first-order valence-electron chi connectivity index (χ1n) is 10.8. The van der Waals surface area contributed by atoms with E-state index in [-0.39, 0.29) is 18.2 Å². The average molecular weight is 507 g/mol. The molecule has 0 fully saturated rings. The minimum Gasteiger partial charge on any atom is -0.611 e. The van der Waals surface area contributed by atoms with E-state index >= 15 is 0 Å². The standard InChI is InChI=1S/C26H20ClFN4O2S/c27-22-15-20(11-12-24(22)34-16-18-6-4-7-19(28)14-18)29-26-23-10-5-13-32(23)31-25(30-26)17-35(33)21-8-2-1-3-9-21/h1-15H,16-17H2,(H,29,30,31). The molecule has 0 radical (unpaired) electrons. The van der Waals surface area contributed by atoms with Crippen molar-refractivity contribution in [2.24, 2.45) is 0 Å². The molecule has 0 aliphatic rings. The maximum absolute atomic E-state index is 13.4. The lowest BCUT2D eigenvalue weighted by Crippen LogP contribution is -2.12. The highest BCUT2D eigenvalue weighted by Gasteiger charge is 2.17. The van der Waals surface area contributed by atoms with Crippen LogP contribution >= 0.6 is 11.6 Å². The van der Waals surface area contributed by atoms with Crippen LogP contribution in [-0.2, 0) is 23.5 Å². The van der Waals surface area contributed by atoms with Crippen LogP contribution in [0.2, 0.25) is 5.02 Å². The van der Waals surface area contributed by atoms with Crippen LogP contribution in [0.4, 0.5) is 15.9 Å². The van der Waals surface area contributed by atoms with Gasteiger partial charge >= 0.3 is 0 Å². The number of nitrogens with zero attached hydrogens (tertiary/aromatic N) is 3. The fourth-order valence-electron chi connectivity index (χ4n) is 3.53. The van der Waals surface area contributed by atoms with E-state index in [1.165, 1.54) is 12.1 Å². The number of hydrogen-bond acceptors (Lipinski definition) is 5. The molecule has 0 saturated carbocycles. The number of anilines is 2. The Morgan fingerprint density at radius 2 is 1.86 bits per heavy atom. The zero-order valence-electron chi connectivity index (χ0n) is 18.4. The summed E-state index contributed by atoms with van der Waals surface area (Å²) in [6.07, 6.45) is 1.81. The van der Waals surface area contributed by atoms with E-state index in [2.05, 4.69) is 15.4 Å². The second-order valence-corrected chi connectivity index (χ2v) is 9.56. The molecule has 1 atom stereocenters. The van der Waals surface area contributed by atoms with Gasteiger partial charge in [-0.3, -0.25) is 0 Å². The van der Waals surface area contributed by atoms with Crippen LogP contribution in [0.3, 0.4) is 0 Å². The van der Waals surface area contributed by atoms with Crippen LogP contribution in [0.15, 0.2) is 96.0 Å². The Balaban J connectivity index is 1.34. The lowest BCUT2D eigenvalue weighted by atomic mass is 10.2. The molecule has 1 unspecified atom stereocenters. The molecule has 176 valence electrons. The number of nitrogens with one attached hydrogen (secondary N) is 1. The molecule has 2 heterocycles. The summed E-state index contributed by atoms with van der Waals surface area (Å²) in [4.78, 5) is 5.35. The summed E-state index contributed by atoms with van der Waals surface area (Å²) in [7, 11) is 0. The van der Waals surface area contributed by atoms with Crippen LogP contribution in [0.1, 0.15) is 11.4 Å². The fraction of sp³-hybridized carbons (Fsp3) is 0.0769. The molecule has 0 aliphatic carbocycles. The van der Waals surface area contributed by atoms with E-state index in [0.29, 0.717) is 33.7 Å². The minimum atomic E-state index is -1.27. The maximum atomic E-state index is 13.4. The van der Waals surface area contributed by atoms with Crippen molar-refractivity contribution in [1.82, 2.24) is 14.6 Å². The maximum Gasteiger partial charge on any atom is 0.201 e. The van der Waals surface area contributed by atoms with E-state index in [1.54, 1.807) is 28.8 Å². The van der Waals surface area contributed by atoms with Crippen LogP contribution in [0.25, 0.3) is 5.52 Å². The largest absolute Gasteiger partial charge is 0.611 e. The fourth-order valence-corrected chi connectivity index (χ4v) is 4.75. The highest BCUT2D eigenvalue weighted by Crippen LogP contribution is 2.30. The Hall–Kier alpha value is -3.59. The summed E-state index contributed by atoms with van der Waals surface area (Å²) >= 11 is 5.17. The highest BCUT2D eigenvalue weighted by molar-refractivity contribution is 7.90. The van der Waals surface area contributed by atoms with Gasteiger partial charge < -0.3 is 14.6 Å². The van der Waals surface area contributed by atoms with Crippen molar-refractivity contribution in [3.63, 3.8) is 0 Å². The summed E-state index contributed by atoms with van der Waals surface area (Å²) in [5, 5.41) is 8.17. The Morgan fingerprint density at radius 1 is 1.00 bits per heavy atom. The van der Waals surface area contributed by atoms with Gasteiger partial charge in [0, 0.05) is 11.9 Å². The quantitative estimate of drug-likeness (QED) is 0.255. The molecule has 2 aromatic heterocycles. The van der Waals surface area contributed by atoms with Crippen molar-refractivity contribution < 1.29 is 13.7 Å². The Labute approximate surface area is 209 Å². The van der Waals surface area contributed by atoms with Gasteiger partial charge in [0.1, 0.15) is 23.7 Å². The molecule has 0 amide bonds. The molecule has 0 spiro atoms. The summed E-state index contributed by atoms with van der Waals surface area (Å²) < 4.78 is 33.6. The van der Waals surface area contributed by atoms with E-state index in [1.807, 2.05) is 54.7 Å². The lowest BCUT2D eigenvalue weighted by Gasteiger charge is -2.13. The SMILES string of the molecule is [O-][S+](Cc1nc(Nc2ccc(OCc3cccc(F)c3)c(Cl)c2)c2cccn2n1)c1ccccc1. The van der Waals surface area contributed by atoms with Gasteiger partial charge in [0.15, 0.2) is 16.5 Å². The van der Waals surface area contributed by atoms with Gasteiger partial charge in [-0.15, -0.1) is 5.10 Å². The van der Waals surface area contributed by atoms with E-state index in [0.717, 1.165) is 10.4 Å². The van der Waals surface area contributed by atoms with Gasteiger partial charge in [-0.25, -0.2) is 13.9 Å². The van der Waals surface area contributed by atoms with E-state index in [9.17, 15) is 8.94 Å². The van der Waals surface area contributed by atoms with E-state index < -0.39 is 11.2 Å². The Kier molecular flexibility index (Phi) is 6.85. The third-order valence-electron chi connectivity index (χ3n) is 5.18. The first-order chi connectivity index (χ1) is 17.0. The number of aromatic nitrogens is 3. The second-order valence-electron chi connectivity index (χ2n) is 7.71. The van der Waals surface area contributed by atoms with Gasteiger partial charge in [0.2, 0.25) is 5.82 Å². The minimum absolute atomic E-state index is 0.181. The monoisotopic (exact) mass is 506 g/mol. The van der Waals surface area contributed by atoms with Crippen molar-refractivity contribution >= 4 is 39.8 Å². The van der Waals surface area contributed by atoms with Crippen LogP contribution in [0, 0.1) is 5.82 Å². The van der Waals surface area contributed by atoms with E-state index in [4.69, 9.17) is 16.3 Å². The zero-order valence-corrected chi connectivity index (χ0v) is 20.0. The third-order valence-corrected chi connectivity index (χ3v) is 6.79. The van der Waals surface area contributed by atoms with Crippen LogP contribution in [0.5, 0.6) is 5.75 Å². The first-order valence-corrected chi connectivity index (χ1v) is 12.5. The van der Waals surface area contributed by atoms with Gasteiger partial charge in [-0.05, 0) is 71.3 Å². The van der Waals surface area contributed by atoms with Gasteiger partial charge in [0.25, 0.3) is 0 Å². The summed E-state index contributed by atoms with van der Waals surface area (Å²) in [5.41, 5.74) is 2.17. The first kappa shape index (κ1) is 23.2. The van der Waals surface area contributed by atoms with Gasteiger partial charge in [-0.1, -0.05) is 41.9 Å². The van der Waals surface area contributed by atoms with Crippen molar-refractivity contribution in [1.29, 1.82) is 0 Å². The van der Waals surface area contributed by atoms with Gasteiger partial charge in [0.05, 0.1) is 5.02 Å². The molecular weight excluding hydrogens is 487 g/mol. The highest BCUT2D eigenvalue weighted by atomic mass is 35.5. The smallest absolute Gasteiger partial charge is 0.201 e. The third kappa shape index (κ3) is 5.57.